The van der Waals surface area contributed by atoms with Gasteiger partial charge in [0.15, 0.2) is 5.78 Å². The molecule has 0 aliphatic carbocycles. The predicted molar refractivity (Wildman–Crippen MR) is 84.2 cm³/mol. The molecule has 0 saturated heterocycles. The van der Waals surface area contributed by atoms with Gasteiger partial charge in [0.2, 0.25) is 0 Å². The van der Waals surface area contributed by atoms with E-state index in [-0.39, 0.29) is 5.78 Å². The molecule has 0 spiro atoms. The van der Waals surface area contributed by atoms with Crippen molar-refractivity contribution in [1.82, 2.24) is 0 Å². The van der Waals surface area contributed by atoms with Gasteiger partial charge in [0.05, 0.1) is 0 Å². The van der Waals surface area contributed by atoms with Crippen molar-refractivity contribution < 1.29 is 4.79 Å². The molecule has 0 bridgehead atoms. The van der Waals surface area contributed by atoms with Gasteiger partial charge in [-0.05, 0) is 37.1 Å². The lowest BCUT2D eigenvalue weighted by Gasteiger charge is -2.09. The Bertz CT molecular complexity index is 620. The van der Waals surface area contributed by atoms with Gasteiger partial charge in [-0.2, -0.15) is 0 Å². The van der Waals surface area contributed by atoms with Crippen LogP contribution in [0.25, 0.3) is 0 Å². The Kier molecular flexibility index (Phi) is 4.41. The highest BCUT2D eigenvalue weighted by molar-refractivity contribution is 5.97. The van der Waals surface area contributed by atoms with E-state index in [0.717, 1.165) is 11.3 Å². The first kappa shape index (κ1) is 14.1. The van der Waals surface area contributed by atoms with Crippen molar-refractivity contribution >= 4 is 17.2 Å². The molecule has 0 aliphatic rings. The zero-order chi connectivity index (χ0) is 14.5. The van der Waals surface area contributed by atoms with Gasteiger partial charge in [0.25, 0.3) is 0 Å². The Labute approximate surface area is 119 Å². The first-order chi connectivity index (χ1) is 9.58. The first-order valence-corrected chi connectivity index (χ1v) is 6.77. The number of para-hydroxylation sites is 1. The van der Waals surface area contributed by atoms with Crippen LogP contribution in [0, 0.1) is 13.8 Å². The molecule has 2 rings (SSSR count). The summed E-state index contributed by atoms with van der Waals surface area (Å²) in [7, 11) is 0. The number of hydrogen-bond acceptors (Lipinski definition) is 3. The minimum Gasteiger partial charge on any atom is -0.398 e. The topological polar surface area (TPSA) is 55.1 Å². The number of nitrogen functional groups attached to an aromatic ring is 1. The number of nitrogens with one attached hydrogen (secondary N) is 1. The van der Waals surface area contributed by atoms with E-state index in [1.54, 1.807) is 6.07 Å². The minimum atomic E-state index is 0.109. The second-order valence-electron chi connectivity index (χ2n) is 4.99. The highest BCUT2D eigenvalue weighted by Crippen LogP contribution is 2.16. The van der Waals surface area contributed by atoms with E-state index >= 15 is 0 Å². The van der Waals surface area contributed by atoms with E-state index in [0.29, 0.717) is 24.2 Å². The number of carbonyl (C=O) groups excluding carboxylic acids is 1. The maximum Gasteiger partial charge on any atom is 0.164 e. The fourth-order valence-electron chi connectivity index (χ4n) is 2.04. The van der Waals surface area contributed by atoms with Crippen LogP contribution in [0.1, 0.15) is 27.9 Å². The quantitative estimate of drug-likeness (QED) is 0.644. The molecule has 0 aromatic heterocycles. The normalized spacial score (nSPS) is 10.3. The lowest BCUT2D eigenvalue weighted by atomic mass is 10.0. The molecule has 0 fully saturated rings. The average Bonchev–Trinajstić information content (AvgIpc) is 2.44. The van der Waals surface area contributed by atoms with Gasteiger partial charge in [-0.15, -0.1) is 0 Å². The van der Waals surface area contributed by atoms with Crippen molar-refractivity contribution in [1.29, 1.82) is 0 Å². The molecule has 3 nitrogen and oxygen atoms in total. The Morgan fingerprint density at radius 2 is 1.85 bits per heavy atom. The lowest BCUT2D eigenvalue weighted by molar-refractivity contribution is 0.0986. The number of Topliss-reactive ketones (excluding diaryl/α,β-unsaturated/α-hetero) is 1. The number of anilines is 2. The number of hydrogen-bond donors (Lipinski definition) is 2. The average molecular weight is 268 g/mol. The van der Waals surface area contributed by atoms with Crippen molar-refractivity contribution in [2.75, 3.05) is 17.6 Å². The second kappa shape index (κ2) is 6.24. The lowest BCUT2D eigenvalue weighted by Crippen LogP contribution is -2.10. The van der Waals surface area contributed by atoms with E-state index in [4.69, 9.17) is 5.73 Å². The van der Waals surface area contributed by atoms with Gasteiger partial charge in [-0.1, -0.05) is 30.3 Å². The fourth-order valence-corrected chi connectivity index (χ4v) is 2.04. The standard InChI is InChI=1S/C17H20N2O/c1-12-7-8-14(11-15(12)18)17(20)9-10-19-16-6-4-3-5-13(16)2/h3-8,11,19H,9-10,18H2,1-2H3. The molecule has 2 aromatic rings. The molecular formula is C17H20N2O. The molecule has 0 radical (unpaired) electrons. The molecule has 2 aromatic carbocycles. The monoisotopic (exact) mass is 268 g/mol. The summed E-state index contributed by atoms with van der Waals surface area (Å²) < 4.78 is 0. The van der Waals surface area contributed by atoms with Crippen LogP contribution in [0.5, 0.6) is 0 Å². The SMILES string of the molecule is Cc1ccc(C(=O)CCNc2ccccc2C)cc1N. The zero-order valence-corrected chi connectivity index (χ0v) is 11.9. The highest BCUT2D eigenvalue weighted by Gasteiger charge is 2.07. The number of aryl methyl sites for hydroxylation is 2. The largest absolute Gasteiger partial charge is 0.398 e. The third-order valence-corrected chi connectivity index (χ3v) is 3.41. The Morgan fingerprint density at radius 3 is 2.55 bits per heavy atom. The summed E-state index contributed by atoms with van der Waals surface area (Å²) >= 11 is 0. The van der Waals surface area contributed by atoms with E-state index in [1.807, 2.05) is 50.2 Å². The van der Waals surface area contributed by atoms with E-state index < -0.39 is 0 Å². The molecule has 0 unspecified atom stereocenters. The molecule has 0 heterocycles. The fraction of sp³-hybridized carbons (Fsp3) is 0.235. The third-order valence-electron chi connectivity index (χ3n) is 3.41. The van der Waals surface area contributed by atoms with Gasteiger partial charge in [0.1, 0.15) is 0 Å². The Morgan fingerprint density at radius 1 is 1.10 bits per heavy atom. The summed E-state index contributed by atoms with van der Waals surface area (Å²) in [6.45, 7) is 4.60. The van der Waals surface area contributed by atoms with Crippen LogP contribution in [0.2, 0.25) is 0 Å². The molecular weight excluding hydrogens is 248 g/mol. The van der Waals surface area contributed by atoms with Crippen LogP contribution in [0.3, 0.4) is 0 Å². The van der Waals surface area contributed by atoms with Crippen LogP contribution < -0.4 is 11.1 Å². The molecule has 3 N–H and O–H groups in total. The van der Waals surface area contributed by atoms with Crippen molar-refractivity contribution in [2.45, 2.75) is 20.3 Å². The highest BCUT2D eigenvalue weighted by atomic mass is 16.1. The second-order valence-corrected chi connectivity index (χ2v) is 4.99. The molecule has 0 saturated carbocycles. The number of nitrogens with two attached hydrogens (primary N) is 1. The first-order valence-electron chi connectivity index (χ1n) is 6.77. The van der Waals surface area contributed by atoms with Gasteiger partial charge in [-0.3, -0.25) is 4.79 Å². The van der Waals surface area contributed by atoms with Crippen molar-refractivity contribution in [3.63, 3.8) is 0 Å². The van der Waals surface area contributed by atoms with Crippen LogP contribution in [-0.2, 0) is 0 Å². The third kappa shape index (κ3) is 3.38. The van der Waals surface area contributed by atoms with E-state index in [2.05, 4.69) is 5.32 Å². The number of ketones is 1. The summed E-state index contributed by atoms with van der Waals surface area (Å²) in [6, 6.07) is 13.5. The summed E-state index contributed by atoms with van der Waals surface area (Å²) in [5.41, 5.74) is 10.4. The maximum atomic E-state index is 12.1. The zero-order valence-electron chi connectivity index (χ0n) is 11.9. The van der Waals surface area contributed by atoms with Crippen LogP contribution in [-0.4, -0.2) is 12.3 Å². The van der Waals surface area contributed by atoms with Gasteiger partial charge in [-0.25, -0.2) is 0 Å². The Balaban J connectivity index is 1.92. The predicted octanol–water partition coefficient (Wildman–Crippen LogP) is 3.57. The summed E-state index contributed by atoms with van der Waals surface area (Å²) in [5, 5.41) is 3.29. The number of benzene rings is 2. The molecule has 0 atom stereocenters. The van der Waals surface area contributed by atoms with Gasteiger partial charge in [0, 0.05) is 29.9 Å². The molecule has 3 heteroatoms. The summed E-state index contributed by atoms with van der Waals surface area (Å²) in [5.74, 6) is 0.109. The molecule has 0 aliphatic heterocycles. The summed E-state index contributed by atoms with van der Waals surface area (Å²) in [6.07, 6.45) is 0.455. The van der Waals surface area contributed by atoms with Crippen LogP contribution in [0.15, 0.2) is 42.5 Å². The van der Waals surface area contributed by atoms with Crippen LogP contribution >= 0.6 is 0 Å². The van der Waals surface area contributed by atoms with E-state index in [1.165, 1.54) is 5.56 Å². The van der Waals surface area contributed by atoms with E-state index in [9.17, 15) is 4.79 Å². The molecule has 20 heavy (non-hydrogen) atoms. The smallest absolute Gasteiger partial charge is 0.164 e. The van der Waals surface area contributed by atoms with Gasteiger partial charge >= 0.3 is 0 Å². The van der Waals surface area contributed by atoms with Crippen molar-refractivity contribution in [3.05, 3.63) is 59.2 Å². The summed E-state index contributed by atoms with van der Waals surface area (Å²) in [4.78, 5) is 12.1. The minimum absolute atomic E-state index is 0.109. The van der Waals surface area contributed by atoms with Gasteiger partial charge < -0.3 is 11.1 Å². The van der Waals surface area contributed by atoms with Crippen molar-refractivity contribution in [3.8, 4) is 0 Å². The molecule has 104 valence electrons. The maximum absolute atomic E-state index is 12.1. The molecule has 0 amide bonds. The van der Waals surface area contributed by atoms with Crippen molar-refractivity contribution in [2.24, 2.45) is 0 Å². The number of rotatable bonds is 5. The van der Waals surface area contributed by atoms with Crippen LogP contribution in [0.4, 0.5) is 11.4 Å². The Hall–Kier alpha value is -2.29. The number of carbonyl (C=O) groups is 1.